The van der Waals surface area contributed by atoms with E-state index in [1.165, 1.54) is 12.8 Å². The lowest BCUT2D eigenvalue weighted by Crippen LogP contribution is -2.36. The molecule has 1 heterocycles. The molecule has 3 rings (SSSR count). The number of hydrazone groups is 1. The summed E-state index contributed by atoms with van der Waals surface area (Å²) in [6.07, 6.45) is 12.0. The van der Waals surface area contributed by atoms with Gasteiger partial charge in [0.15, 0.2) is 11.5 Å². The molecule has 1 aliphatic heterocycles. The van der Waals surface area contributed by atoms with E-state index >= 15 is 4.39 Å². The van der Waals surface area contributed by atoms with E-state index < -0.39 is 5.67 Å². The van der Waals surface area contributed by atoms with Crippen LogP contribution in [0.2, 0.25) is 0 Å². The number of aliphatic imine (C=N–C) groups is 1. The molecule has 1 saturated carbocycles. The highest BCUT2D eigenvalue weighted by Crippen LogP contribution is 2.39. The first-order valence-electron chi connectivity index (χ1n) is 8.03. The van der Waals surface area contributed by atoms with Gasteiger partial charge in [-0.05, 0) is 32.1 Å². The fourth-order valence-corrected chi connectivity index (χ4v) is 3.39. The molecule has 1 saturated heterocycles. The van der Waals surface area contributed by atoms with Gasteiger partial charge in [-0.15, -0.1) is 0 Å². The monoisotopic (exact) mass is 301 g/mol. The molecule has 0 aromatic heterocycles. The van der Waals surface area contributed by atoms with Gasteiger partial charge in [0.05, 0.1) is 12.6 Å². The summed E-state index contributed by atoms with van der Waals surface area (Å²) in [7, 11) is 0. The van der Waals surface area contributed by atoms with Crippen LogP contribution in [0.15, 0.2) is 46.5 Å². The maximum Gasteiger partial charge on any atom is 0.168 e. The molecule has 0 aromatic rings. The number of halogens is 1. The van der Waals surface area contributed by atoms with Crippen LogP contribution in [-0.2, 0) is 0 Å². The van der Waals surface area contributed by atoms with Gasteiger partial charge in [0.25, 0.3) is 0 Å². The first-order chi connectivity index (χ1) is 10.5. The average molecular weight is 301 g/mol. The Balaban J connectivity index is 1.79. The van der Waals surface area contributed by atoms with Crippen LogP contribution in [0.1, 0.15) is 32.6 Å². The second kappa shape index (κ2) is 5.82. The molecule has 3 aliphatic rings. The fraction of sp³-hybridized carbons (Fsp3) is 0.556. The van der Waals surface area contributed by atoms with Crippen LogP contribution >= 0.6 is 0 Å². The zero-order valence-corrected chi connectivity index (χ0v) is 13.2. The van der Waals surface area contributed by atoms with E-state index in [1.54, 1.807) is 11.9 Å². The second-order valence-electron chi connectivity index (χ2n) is 6.74. The van der Waals surface area contributed by atoms with Crippen LogP contribution in [0.3, 0.4) is 0 Å². The van der Waals surface area contributed by atoms with Gasteiger partial charge >= 0.3 is 0 Å². The van der Waals surface area contributed by atoms with Crippen molar-refractivity contribution in [2.45, 2.75) is 44.3 Å². The van der Waals surface area contributed by atoms with Crippen molar-refractivity contribution in [2.75, 3.05) is 6.54 Å². The van der Waals surface area contributed by atoms with E-state index in [0.29, 0.717) is 24.7 Å². The largest absolute Gasteiger partial charge is 0.263 e. The highest BCUT2D eigenvalue weighted by Gasteiger charge is 2.49. The van der Waals surface area contributed by atoms with Crippen molar-refractivity contribution >= 4 is 12.6 Å². The van der Waals surface area contributed by atoms with Gasteiger partial charge in [-0.1, -0.05) is 36.5 Å². The molecule has 0 amide bonds. The maximum absolute atomic E-state index is 15.1. The summed E-state index contributed by atoms with van der Waals surface area (Å²) in [6, 6.07) is -0.0124. The molecule has 0 radical (unpaired) electrons. The number of nitrogens with zero attached hydrogens (tertiary/aromatic N) is 3. The van der Waals surface area contributed by atoms with Crippen LogP contribution in [0.5, 0.6) is 0 Å². The molecule has 118 valence electrons. The normalized spacial score (nSPS) is 36.1. The third-order valence-corrected chi connectivity index (χ3v) is 4.84. The van der Waals surface area contributed by atoms with E-state index in [1.807, 2.05) is 12.2 Å². The lowest BCUT2D eigenvalue weighted by molar-refractivity contribution is 0.238. The summed E-state index contributed by atoms with van der Waals surface area (Å²) < 4.78 is 15.1. The van der Waals surface area contributed by atoms with Gasteiger partial charge in [-0.25, -0.2) is 9.40 Å². The number of allylic oxidation sites excluding steroid dienone is 3. The van der Waals surface area contributed by atoms with Gasteiger partial charge in [-0.2, -0.15) is 5.10 Å². The van der Waals surface area contributed by atoms with Crippen molar-refractivity contribution in [3.63, 3.8) is 0 Å². The predicted octanol–water partition coefficient (Wildman–Crippen LogP) is 3.90. The van der Waals surface area contributed by atoms with E-state index in [-0.39, 0.29) is 12.0 Å². The first kappa shape index (κ1) is 15.2. The zero-order chi connectivity index (χ0) is 15.7. The molecular weight excluding hydrogens is 277 g/mol. The third kappa shape index (κ3) is 2.92. The number of amidine groups is 1. The molecular formula is C18H24FN3. The van der Waals surface area contributed by atoms with Crippen LogP contribution in [0.25, 0.3) is 0 Å². The van der Waals surface area contributed by atoms with E-state index in [2.05, 4.69) is 35.5 Å². The Morgan fingerprint density at radius 2 is 2.23 bits per heavy atom. The Kier molecular flexibility index (Phi) is 4.02. The summed E-state index contributed by atoms with van der Waals surface area (Å²) in [5.74, 6) is 1.26. The van der Waals surface area contributed by atoms with E-state index in [9.17, 15) is 0 Å². The van der Waals surface area contributed by atoms with E-state index in [0.717, 1.165) is 12.0 Å². The molecule has 3 unspecified atom stereocenters. The first-order valence-corrected chi connectivity index (χ1v) is 8.03. The van der Waals surface area contributed by atoms with Gasteiger partial charge in [0.1, 0.15) is 0 Å². The molecule has 0 bridgehead atoms. The fourth-order valence-electron chi connectivity index (χ4n) is 3.39. The van der Waals surface area contributed by atoms with Crippen molar-refractivity contribution in [2.24, 2.45) is 21.9 Å². The minimum absolute atomic E-state index is 0.0124. The number of hydrogen-bond donors (Lipinski definition) is 0. The molecule has 2 fully saturated rings. The van der Waals surface area contributed by atoms with Crippen LogP contribution in [-0.4, -0.2) is 35.8 Å². The standard InChI is InChI=1S/C18H24FN3/c1-13(14-9-10-14)12-21-17-18(2,19)11-16(22(17)20-3)15-7-5-4-6-8-15/h4-7,14-16H,1,3,8-12H2,2H3. The summed E-state index contributed by atoms with van der Waals surface area (Å²) in [4.78, 5) is 4.53. The van der Waals surface area contributed by atoms with Crippen molar-refractivity contribution in [1.82, 2.24) is 5.01 Å². The van der Waals surface area contributed by atoms with Crippen molar-refractivity contribution in [3.05, 3.63) is 36.5 Å². The third-order valence-electron chi connectivity index (χ3n) is 4.84. The van der Waals surface area contributed by atoms with Crippen LogP contribution < -0.4 is 0 Å². The molecule has 0 aromatic carbocycles. The number of hydrogen-bond acceptors (Lipinski definition) is 2. The lowest BCUT2D eigenvalue weighted by atomic mass is 9.89. The smallest absolute Gasteiger partial charge is 0.168 e. The Hall–Kier alpha value is -1.71. The minimum atomic E-state index is -1.45. The van der Waals surface area contributed by atoms with Gasteiger partial charge < -0.3 is 0 Å². The summed E-state index contributed by atoms with van der Waals surface area (Å²) in [5, 5.41) is 5.79. The van der Waals surface area contributed by atoms with Crippen LogP contribution in [0.4, 0.5) is 4.39 Å². The summed E-state index contributed by atoms with van der Waals surface area (Å²) >= 11 is 0. The molecule has 4 heteroatoms. The number of alkyl halides is 1. The van der Waals surface area contributed by atoms with Gasteiger partial charge in [-0.3, -0.25) is 4.99 Å². The van der Waals surface area contributed by atoms with Crippen molar-refractivity contribution < 1.29 is 4.39 Å². The molecule has 3 nitrogen and oxygen atoms in total. The van der Waals surface area contributed by atoms with Crippen LogP contribution in [0, 0.1) is 11.8 Å². The van der Waals surface area contributed by atoms with Gasteiger partial charge in [0.2, 0.25) is 0 Å². The topological polar surface area (TPSA) is 28.0 Å². The highest BCUT2D eigenvalue weighted by molar-refractivity contribution is 5.92. The minimum Gasteiger partial charge on any atom is -0.263 e. The maximum atomic E-state index is 15.1. The Morgan fingerprint density at radius 3 is 2.82 bits per heavy atom. The zero-order valence-electron chi connectivity index (χ0n) is 13.2. The predicted molar refractivity (Wildman–Crippen MR) is 89.9 cm³/mol. The molecule has 22 heavy (non-hydrogen) atoms. The average Bonchev–Trinajstić information content (AvgIpc) is 3.31. The quantitative estimate of drug-likeness (QED) is 0.559. The molecule has 2 aliphatic carbocycles. The van der Waals surface area contributed by atoms with E-state index in [4.69, 9.17) is 0 Å². The van der Waals surface area contributed by atoms with Crippen molar-refractivity contribution in [1.29, 1.82) is 0 Å². The highest BCUT2D eigenvalue weighted by atomic mass is 19.1. The van der Waals surface area contributed by atoms with Gasteiger partial charge in [0, 0.05) is 19.1 Å². The Morgan fingerprint density at radius 1 is 1.45 bits per heavy atom. The Bertz CT molecular complexity index is 555. The molecule has 0 N–H and O–H groups in total. The van der Waals surface area contributed by atoms with Crippen molar-refractivity contribution in [3.8, 4) is 0 Å². The Labute approximate surface area is 132 Å². The SMILES string of the molecule is C=NN1C(=NCC(=C)C2CC2)C(C)(F)CC1C1C=CC=CC1. The summed E-state index contributed by atoms with van der Waals surface area (Å²) in [6.45, 7) is 9.81. The lowest BCUT2D eigenvalue weighted by Gasteiger charge is -2.27. The summed E-state index contributed by atoms with van der Waals surface area (Å²) in [5.41, 5.74) is -0.346. The molecule has 3 atom stereocenters. The second-order valence-corrected chi connectivity index (χ2v) is 6.74. The molecule has 0 spiro atoms. The number of rotatable bonds is 5.